The monoisotopic (exact) mass is 223 g/mol. The summed E-state index contributed by atoms with van der Waals surface area (Å²) in [5.41, 5.74) is 6.03. The molecule has 1 rings (SSSR count). The molecule has 0 saturated carbocycles. The Morgan fingerprint density at radius 3 is 2.62 bits per heavy atom. The van der Waals surface area contributed by atoms with Gasteiger partial charge >= 0.3 is 5.97 Å². The minimum atomic E-state index is -0.872. The van der Waals surface area contributed by atoms with Crippen LogP contribution in [0.25, 0.3) is 0 Å². The van der Waals surface area contributed by atoms with E-state index >= 15 is 0 Å². The Labute approximate surface area is 95.0 Å². The van der Waals surface area contributed by atoms with E-state index in [-0.39, 0.29) is 6.42 Å². The van der Waals surface area contributed by atoms with Gasteiger partial charge < -0.3 is 15.6 Å². The summed E-state index contributed by atoms with van der Waals surface area (Å²) in [4.78, 5) is 10.6. The highest BCUT2D eigenvalue weighted by Gasteiger charge is 2.13. The van der Waals surface area contributed by atoms with Crippen LogP contribution in [0.2, 0.25) is 0 Å². The van der Waals surface area contributed by atoms with Gasteiger partial charge in [0.05, 0.1) is 6.42 Å². The number of nitrogens with two attached hydrogens (primary N) is 1. The van der Waals surface area contributed by atoms with Crippen LogP contribution in [0.1, 0.15) is 19.4 Å². The Morgan fingerprint density at radius 2 is 2.06 bits per heavy atom. The molecule has 0 aliphatic rings. The first-order valence-electron chi connectivity index (χ1n) is 5.10. The number of hydrogen-bond acceptors (Lipinski definition) is 3. The second kappa shape index (κ2) is 4.99. The van der Waals surface area contributed by atoms with Crippen LogP contribution in [0.15, 0.2) is 24.3 Å². The summed E-state index contributed by atoms with van der Waals surface area (Å²) < 4.78 is 5.51. The zero-order chi connectivity index (χ0) is 12.2. The number of benzene rings is 1. The minimum absolute atomic E-state index is 0.0405. The van der Waals surface area contributed by atoms with Gasteiger partial charge in [0.15, 0.2) is 0 Å². The maximum absolute atomic E-state index is 10.6. The predicted molar refractivity (Wildman–Crippen MR) is 61.5 cm³/mol. The Balaban J connectivity index is 2.75. The summed E-state index contributed by atoms with van der Waals surface area (Å²) in [6.07, 6.45) is -0.0405. The molecule has 0 heterocycles. The number of ether oxygens (including phenoxy) is 1. The third-order valence-electron chi connectivity index (χ3n) is 1.91. The highest BCUT2D eigenvalue weighted by Crippen LogP contribution is 2.19. The first-order chi connectivity index (χ1) is 7.38. The van der Waals surface area contributed by atoms with Gasteiger partial charge in [-0.25, -0.2) is 0 Å². The summed E-state index contributed by atoms with van der Waals surface area (Å²) in [5.74, 6) is -0.286. The highest BCUT2D eigenvalue weighted by atomic mass is 16.5. The van der Waals surface area contributed by atoms with Gasteiger partial charge in [-0.05, 0) is 19.9 Å². The van der Waals surface area contributed by atoms with Crippen molar-refractivity contribution >= 4 is 5.97 Å². The van der Waals surface area contributed by atoms with E-state index in [2.05, 4.69) is 0 Å². The summed E-state index contributed by atoms with van der Waals surface area (Å²) in [6.45, 7) is 4.06. The molecule has 1 aromatic rings. The van der Waals surface area contributed by atoms with Gasteiger partial charge in [-0.3, -0.25) is 4.79 Å². The molecule has 3 N–H and O–H groups in total. The van der Waals surface area contributed by atoms with Crippen LogP contribution in [-0.2, 0) is 11.2 Å². The second-order valence-electron chi connectivity index (χ2n) is 4.46. The van der Waals surface area contributed by atoms with Crippen LogP contribution >= 0.6 is 0 Å². The number of rotatable bonds is 5. The Hall–Kier alpha value is -1.55. The molecule has 0 bridgehead atoms. The summed E-state index contributed by atoms with van der Waals surface area (Å²) >= 11 is 0. The van der Waals surface area contributed by atoms with E-state index in [1.165, 1.54) is 0 Å². The number of aliphatic carboxylic acids is 1. The lowest BCUT2D eigenvalue weighted by Crippen LogP contribution is -2.38. The number of carboxylic acids is 1. The lowest BCUT2D eigenvalue weighted by Gasteiger charge is -2.20. The topological polar surface area (TPSA) is 72.5 Å². The van der Waals surface area contributed by atoms with Crippen LogP contribution in [0.5, 0.6) is 5.75 Å². The Kier molecular flexibility index (Phi) is 3.90. The summed E-state index contributed by atoms with van der Waals surface area (Å²) in [6, 6.07) is 7.10. The fraction of sp³-hybridized carbons (Fsp3) is 0.417. The Bertz CT molecular complexity index is 369. The minimum Gasteiger partial charge on any atom is -0.491 e. The number of carboxylic acid groups (broad SMARTS) is 1. The van der Waals surface area contributed by atoms with Crippen molar-refractivity contribution in [2.24, 2.45) is 5.73 Å². The van der Waals surface area contributed by atoms with Crippen molar-refractivity contribution in [2.45, 2.75) is 25.8 Å². The molecule has 0 unspecified atom stereocenters. The lowest BCUT2D eigenvalue weighted by atomic mass is 10.1. The summed E-state index contributed by atoms with van der Waals surface area (Å²) in [7, 11) is 0. The van der Waals surface area contributed by atoms with Gasteiger partial charge in [0.2, 0.25) is 0 Å². The van der Waals surface area contributed by atoms with E-state index in [4.69, 9.17) is 15.6 Å². The van der Waals surface area contributed by atoms with Gasteiger partial charge in [0.25, 0.3) is 0 Å². The van der Waals surface area contributed by atoms with Gasteiger partial charge in [0, 0.05) is 11.1 Å². The van der Waals surface area contributed by atoms with E-state index in [0.717, 1.165) is 0 Å². The van der Waals surface area contributed by atoms with Crippen molar-refractivity contribution in [2.75, 3.05) is 6.61 Å². The van der Waals surface area contributed by atoms with Crippen molar-refractivity contribution in [3.05, 3.63) is 29.8 Å². The molecule has 88 valence electrons. The van der Waals surface area contributed by atoms with Gasteiger partial charge in [-0.2, -0.15) is 0 Å². The molecule has 4 nitrogen and oxygen atoms in total. The van der Waals surface area contributed by atoms with E-state index in [0.29, 0.717) is 17.9 Å². The molecule has 0 aliphatic carbocycles. The van der Waals surface area contributed by atoms with Crippen LogP contribution < -0.4 is 10.5 Å². The number of hydrogen-bond donors (Lipinski definition) is 2. The van der Waals surface area contributed by atoms with Crippen LogP contribution in [0.3, 0.4) is 0 Å². The third kappa shape index (κ3) is 4.31. The number of para-hydroxylation sites is 1. The predicted octanol–water partition coefficient (Wildman–Crippen LogP) is 1.43. The normalized spacial score (nSPS) is 11.2. The van der Waals surface area contributed by atoms with Crippen molar-refractivity contribution in [1.29, 1.82) is 0 Å². The van der Waals surface area contributed by atoms with Crippen LogP contribution in [-0.4, -0.2) is 23.2 Å². The molecule has 0 atom stereocenters. The molecule has 0 spiro atoms. The maximum atomic E-state index is 10.6. The third-order valence-corrected chi connectivity index (χ3v) is 1.91. The SMILES string of the molecule is CC(C)(N)COc1ccccc1CC(=O)O. The molecule has 0 amide bonds. The van der Waals surface area contributed by atoms with Gasteiger partial charge in [-0.15, -0.1) is 0 Å². The van der Waals surface area contributed by atoms with Crippen molar-refractivity contribution in [3.63, 3.8) is 0 Å². The van der Waals surface area contributed by atoms with Crippen molar-refractivity contribution in [1.82, 2.24) is 0 Å². The quantitative estimate of drug-likeness (QED) is 0.792. The van der Waals surface area contributed by atoms with E-state index in [1.807, 2.05) is 19.9 Å². The molecule has 0 aromatic heterocycles. The molecule has 0 radical (unpaired) electrons. The molecule has 0 aliphatic heterocycles. The van der Waals surface area contributed by atoms with Crippen molar-refractivity contribution in [3.8, 4) is 5.75 Å². The average molecular weight is 223 g/mol. The van der Waals surface area contributed by atoms with Gasteiger partial charge in [0.1, 0.15) is 12.4 Å². The Morgan fingerprint density at radius 1 is 1.44 bits per heavy atom. The molecular formula is C12H17NO3. The second-order valence-corrected chi connectivity index (χ2v) is 4.46. The lowest BCUT2D eigenvalue weighted by molar-refractivity contribution is -0.136. The maximum Gasteiger partial charge on any atom is 0.307 e. The molecule has 16 heavy (non-hydrogen) atoms. The first-order valence-corrected chi connectivity index (χ1v) is 5.10. The zero-order valence-corrected chi connectivity index (χ0v) is 9.56. The molecule has 0 saturated heterocycles. The fourth-order valence-corrected chi connectivity index (χ4v) is 1.22. The van der Waals surface area contributed by atoms with E-state index in [9.17, 15) is 4.79 Å². The first kappa shape index (κ1) is 12.5. The largest absolute Gasteiger partial charge is 0.491 e. The smallest absolute Gasteiger partial charge is 0.307 e. The molecule has 4 heteroatoms. The average Bonchev–Trinajstić information content (AvgIpc) is 2.14. The molecule has 1 aromatic carbocycles. The summed E-state index contributed by atoms with van der Waals surface area (Å²) in [5, 5.41) is 8.74. The highest BCUT2D eigenvalue weighted by molar-refractivity contribution is 5.71. The van der Waals surface area contributed by atoms with Crippen LogP contribution in [0, 0.1) is 0 Å². The molecule has 0 fully saturated rings. The van der Waals surface area contributed by atoms with Crippen LogP contribution in [0.4, 0.5) is 0 Å². The van der Waals surface area contributed by atoms with E-state index < -0.39 is 11.5 Å². The standard InChI is InChI=1S/C12H17NO3/c1-12(2,13)8-16-10-6-4-3-5-9(10)7-11(14)15/h3-6H,7-8,13H2,1-2H3,(H,14,15). The van der Waals surface area contributed by atoms with Crippen molar-refractivity contribution < 1.29 is 14.6 Å². The van der Waals surface area contributed by atoms with Gasteiger partial charge in [-0.1, -0.05) is 18.2 Å². The molecular weight excluding hydrogens is 206 g/mol. The zero-order valence-electron chi connectivity index (χ0n) is 9.56. The van der Waals surface area contributed by atoms with E-state index in [1.54, 1.807) is 18.2 Å². The number of carbonyl (C=O) groups is 1. The fourth-order valence-electron chi connectivity index (χ4n) is 1.22.